The molecule has 37 heavy (non-hydrogen) atoms. The minimum absolute atomic E-state index is 0.0576. The van der Waals surface area contributed by atoms with Gasteiger partial charge >= 0.3 is 0 Å². The van der Waals surface area contributed by atoms with Crippen LogP contribution in [-0.4, -0.2) is 45.7 Å². The zero-order chi connectivity index (χ0) is 25.8. The summed E-state index contributed by atoms with van der Waals surface area (Å²) in [6.07, 6.45) is 3.14. The summed E-state index contributed by atoms with van der Waals surface area (Å²) in [6.45, 7) is 1.68. The first-order valence-corrected chi connectivity index (χ1v) is 12.3. The summed E-state index contributed by atoms with van der Waals surface area (Å²) in [5, 5.41) is 13.8. The van der Waals surface area contributed by atoms with Crippen LogP contribution in [0.3, 0.4) is 0 Å². The van der Waals surface area contributed by atoms with Crippen molar-refractivity contribution in [3.05, 3.63) is 95.0 Å². The number of pyridine rings is 1. The topological polar surface area (TPSA) is 101 Å². The second-order valence-corrected chi connectivity index (χ2v) is 9.05. The molecule has 0 aliphatic carbocycles. The number of benzene rings is 2. The van der Waals surface area contributed by atoms with E-state index in [1.165, 1.54) is 41.2 Å². The van der Waals surface area contributed by atoms with Crippen molar-refractivity contribution in [2.75, 3.05) is 18.4 Å². The molecule has 5 rings (SSSR count). The van der Waals surface area contributed by atoms with Crippen LogP contribution in [0.25, 0.3) is 16.9 Å². The predicted molar refractivity (Wildman–Crippen MR) is 140 cm³/mol. The van der Waals surface area contributed by atoms with Crippen LogP contribution in [0.4, 0.5) is 10.2 Å². The van der Waals surface area contributed by atoms with Gasteiger partial charge in [0.1, 0.15) is 17.3 Å². The Morgan fingerprint density at radius 2 is 1.78 bits per heavy atom. The van der Waals surface area contributed by atoms with Gasteiger partial charge in [-0.15, -0.1) is 0 Å². The molecule has 0 bridgehead atoms. The Labute approximate surface area is 217 Å². The highest BCUT2D eigenvalue weighted by molar-refractivity contribution is 6.34. The summed E-state index contributed by atoms with van der Waals surface area (Å²) in [4.78, 5) is 30.4. The van der Waals surface area contributed by atoms with Crippen LogP contribution in [-0.2, 0) is 0 Å². The van der Waals surface area contributed by atoms with Gasteiger partial charge in [0.05, 0.1) is 16.3 Å². The van der Waals surface area contributed by atoms with Gasteiger partial charge in [-0.1, -0.05) is 35.9 Å². The molecule has 0 saturated carbocycles. The van der Waals surface area contributed by atoms with Crippen molar-refractivity contribution in [1.29, 1.82) is 0 Å². The Hall–Kier alpha value is -4.08. The zero-order valence-corrected chi connectivity index (χ0v) is 20.5. The van der Waals surface area contributed by atoms with Gasteiger partial charge in [-0.2, -0.15) is 5.10 Å². The number of nitrogens with zero attached hydrogens (tertiary/aromatic N) is 3. The number of halogens is 2. The number of hydrogen-bond acceptors (Lipinski definition) is 5. The fourth-order valence-corrected chi connectivity index (χ4v) is 4.40. The fourth-order valence-electron chi connectivity index (χ4n) is 4.20. The Kier molecular flexibility index (Phi) is 7.25. The normalized spacial score (nSPS) is 13.8. The van der Waals surface area contributed by atoms with Gasteiger partial charge < -0.3 is 16.0 Å². The third-order valence-corrected chi connectivity index (χ3v) is 6.43. The van der Waals surface area contributed by atoms with Crippen LogP contribution in [0.15, 0.2) is 72.9 Å². The van der Waals surface area contributed by atoms with Crippen LogP contribution in [0.1, 0.15) is 33.7 Å². The van der Waals surface area contributed by atoms with Gasteiger partial charge in [0, 0.05) is 23.9 Å². The van der Waals surface area contributed by atoms with E-state index < -0.39 is 11.7 Å². The molecular formula is C27H24ClFN6O2. The average molecular weight is 519 g/mol. The van der Waals surface area contributed by atoms with E-state index in [0.29, 0.717) is 11.3 Å². The van der Waals surface area contributed by atoms with Gasteiger partial charge in [-0.3, -0.25) is 14.6 Å². The van der Waals surface area contributed by atoms with Gasteiger partial charge in [0.15, 0.2) is 5.69 Å². The number of amides is 2. The number of rotatable bonds is 6. The molecule has 188 valence electrons. The molecule has 1 fully saturated rings. The van der Waals surface area contributed by atoms with Crippen molar-refractivity contribution in [2.45, 2.75) is 18.9 Å². The monoisotopic (exact) mass is 518 g/mol. The molecule has 4 aromatic rings. The van der Waals surface area contributed by atoms with E-state index >= 15 is 0 Å². The summed E-state index contributed by atoms with van der Waals surface area (Å²) in [5.41, 5.74) is 1.48. The molecule has 0 radical (unpaired) electrons. The third-order valence-electron chi connectivity index (χ3n) is 6.10. The standard InChI is InChI=1S/C27H24ClFN6O2/c28-21-9-8-17(25-22(29)7-4-12-31-25)15-20(21)26(36)33-24-16-23(27(37)32-18-10-13-30-14-11-18)34-35(24)19-5-2-1-3-6-19/h1-9,12,15-16,18,30H,10-11,13-14H2,(H,32,37)(H,33,36). The number of anilines is 1. The first kappa shape index (κ1) is 24.6. The SMILES string of the molecule is O=C(NC1CCNCC1)c1cc(NC(=O)c2cc(-c3ncccc3F)ccc2Cl)n(-c2ccccc2)n1. The van der Waals surface area contributed by atoms with Gasteiger partial charge in [0.2, 0.25) is 0 Å². The second-order valence-electron chi connectivity index (χ2n) is 8.64. The van der Waals surface area contributed by atoms with E-state index in [0.717, 1.165) is 25.9 Å². The molecule has 10 heteroatoms. The lowest BCUT2D eigenvalue weighted by Gasteiger charge is -2.23. The summed E-state index contributed by atoms with van der Waals surface area (Å²) >= 11 is 6.34. The second kappa shape index (κ2) is 10.9. The van der Waals surface area contributed by atoms with Crippen molar-refractivity contribution >= 4 is 29.2 Å². The largest absolute Gasteiger partial charge is 0.348 e. The molecule has 1 saturated heterocycles. The summed E-state index contributed by atoms with van der Waals surface area (Å²) in [7, 11) is 0. The van der Waals surface area contributed by atoms with E-state index in [1.807, 2.05) is 30.3 Å². The van der Waals surface area contributed by atoms with Crippen molar-refractivity contribution in [3.63, 3.8) is 0 Å². The number of hydrogen-bond donors (Lipinski definition) is 3. The molecule has 2 aromatic carbocycles. The van der Waals surface area contributed by atoms with Crippen LogP contribution in [0, 0.1) is 5.82 Å². The van der Waals surface area contributed by atoms with Crippen LogP contribution >= 0.6 is 11.6 Å². The zero-order valence-electron chi connectivity index (χ0n) is 19.7. The molecule has 0 spiro atoms. The molecule has 1 aliphatic rings. The van der Waals surface area contributed by atoms with Crippen LogP contribution in [0.2, 0.25) is 5.02 Å². The third kappa shape index (κ3) is 5.52. The van der Waals surface area contributed by atoms with E-state index in [4.69, 9.17) is 11.6 Å². The lowest BCUT2D eigenvalue weighted by Crippen LogP contribution is -2.42. The van der Waals surface area contributed by atoms with Gasteiger partial charge in [0.25, 0.3) is 11.8 Å². The van der Waals surface area contributed by atoms with Crippen LogP contribution in [0.5, 0.6) is 0 Å². The summed E-state index contributed by atoms with van der Waals surface area (Å²) in [5.74, 6) is -1.08. The first-order chi connectivity index (χ1) is 18.0. The molecule has 1 aliphatic heterocycles. The van der Waals surface area contributed by atoms with Crippen molar-refractivity contribution in [1.82, 2.24) is 25.4 Å². The lowest BCUT2D eigenvalue weighted by molar-refractivity contribution is 0.0923. The molecule has 0 unspecified atom stereocenters. The van der Waals surface area contributed by atoms with Gasteiger partial charge in [-0.25, -0.2) is 9.07 Å². The maximum Gasteiger partial charge on any atom is 0.272 e. The van der Waals surface area contributed by atoms with Crippen LogP contribution < -0.4 is 16.0 Å². The summed E-state index contributed by atoms with van der Waals surface area (Å²) < 4.78 is 15.8. The number of aromatic nitrogens is 3. The minimum atomic E-state index is -0.536. The number of nitrogens with one attached hydrogen (secondary N) is 3. The molecule has 3 heterocycles. The highest BCUT2D eigenvalue weighted by Gasteiger charge is 2.22. The van der Waals surface area contributed by atoms with E-state index in [9.17, 15) is 14.0 Å². The summed E-state index contributed by atoms with van der Waals surface area (Å²) in [6, 6.07) is 18.1. The van der Waals surface area contributed by atoms with Crippen molar-refractivity contribution in [2.24, 2.45) is 0 Å². The highest BCUT2D eigenvalue weighted by atomic mass is 35.5. The van der Waals surface area contributed by atoms with E-state index in [1.54, 1.807) is 6.07 Å². The van der Waals surface area contributed by atoms with E-state index in [2.05, 4.69) is 26.0 Å². The quantitative estimate of drug-likeness (QED) is 0.350. The molecular weight excluding hydrogens is 495 g/mol. The maximum absolute atomic E-state index is 14.3. The molecule has 3 N–H and O–H groups in total. The number of para-hydroxylation sites is 1. The maximum atomic E-state index is 14.3. The molecule has 2 amide bonds. The Morgan fingerprint density at radius 3 is 2.54 bits per heavy atom. The Morgan fingerprint density at radius 1 is 1.00 bits per heavy atom. The smallest absolute Gasteiger partial charge is 0.272 e. The fraction of sp³-hybridized carbons (Fsp3) is 0.185. The molecule has 2 aromatic heterocycles. The van der Waals surface area contributed by atoms with Gasteiger partial charge in [-0.05, 0) is 62.3 Å². The van der Waals surface area contributed by atoms with Crippen molar-refractivity contribution in [3.8, 4) is 16.9 Å². The number of piperidine rings is 1. The molecule has 8 nitrogen and oxygen atoms in total. The highest BCUT2D eigenvalue weighted by Crippen LogP contribution is 2.27. The Balaban J connectivity index is 1.45. The first-order valence-electron chi connectivity index (χ1n) is 11.9. The average Bonchev–Trinajstić information content (AvgIpc) is 3.34. The van der Waals surface area contributed by atoms with Crippen molar-refractivity contribution < 1.29 is 14.0 Å². The number of carbonyl (C=O) groups excluding carboxylic acids is 2. The predicted octanol–water partition coefficient (Wildman–Crippen LogP) is 4.46. The number of carbonyl (C=O) groups is 2. The Bertz CT molecular complexity index is 1440. The minimum Gasteiger partial charge on any atom is -0.348 e. The molecule has 0 atom stereocenters. The lowest BCUT2D eigenvalue weighted by atomic mass is 10.1. The van der Waals surface area contributed by atoms with E-state index in [-0.39, 0.29) is 39.7 Å².